The Labute approximate surface area is 154 Å². The third-order valence-electron chi connectivity index (χ3n) is 4.76. The first kappa shape index (κ1) is 16.8. The largest absolute Gasteiger partial charge is 0.489 e. The van der Waals surface area contributed by atoms with Crippen molar-refractivity contribution in [1.82, 2.24) is 5.32 Å². The molecule has 1 saturated carbocycles. The van der Waals surface area contributed by atoms with Gasteiger partial charge in [0.1, 0.15) is 17.7 Å². The number of rotatable bonds is 4. The highest BCUT2D eigenvalue weighted by atomic mass is 35.5. The first-order valence-corrected chi connectivity index (χ1v) is 8.47. The highest BCUT2D eigenvalue weighted by Crippen LogP contribution is 2.58. The Balaban J connectivity index is 1.53. The number of hydrogen-bond donors (Lipinski definition) is 1. The van der Waals surface area contributed by atoms with E-state index in [9.17, 15) is 14.0 Å². The van der Waals surface area contributed by atoms with Crippen LogP contribution in [0, 0.1) is 11.7 Å². The fourth-order valence-corrected chi connectivity index (χ4v) is 3.67. The second-order valence-corrected chi connectivity index (χ2v) is 6.77. The molecule has 2 aromatic carbocycles. The third-order valence-corrected chi connectivity index (χ3v) is 4.99. The molecule has 1 heterocycles. The van der Waals surface area contributed by atoms with Crippen molar-refractivity contribution in [2.75, 3.05) is 7.11 Å². The van der Waals surface area contributed by atoms with Gasteiger partial charge in [0.05, 0.1) is 13.0 Å². The Bertz CT molecular complexity index is 903. The molecule has 0 saturated heterocycles. The van der Waals surface area contributed by atoms with Crippen molar-refractivity contribution in [3.05, 3.63) is 64.4 Å². The molecule has 0 spiro atoms. The molecule has 1 N–H and O–H groups in total. The Morgan fingerprint density at radius 3 is 2.81 bits per heavy atom. The molecule has 4 rings (SSSR count). The number of ether oxygens (including phenoxy) is 2. The van der Waals surface area contributed by atoms with Crippen LogP contribution in [-0.2, 0) is 14.3 Å². The summed E-state index contributed by atoms with van der Waals surface area (Å²) in [4.78, 5) is 24.8. The van der Waals surface area contributed by atoms with Gasteiger partial charge in [-0.15, -0.1) is 0 Å². The van der Waals surface area contributed by atoms with Gasteiger partial charge in [0, 0.05) is 16.5 Å². The van der Waals surface area contributed by atoms with Gasteiger partial charge in [0.25, 0.3) is 0 Å². The van der Waals surface area contributed by atoms with Gasteiger partial charge >= 0.3 is 5.97 Å². The summed E-state index contributed by atoms with van der Waals surface area (Å²) in [6, 6.07) is 9.95. The number of fused-ring (bicyclic) bond motifs is 3. The van der Waals surface area contributed by atoms with Gasteiger partial charge in [-0.05, 0) is 35.9 Å². The van der Waals surface area contributed by atoms with E-state index in [1.54, 1.807) is 30.3 Å². The monoisotopic (exact) mass is 375 g/mol. The number of hydrogen-bond acceptors (Lipinski definition) is 4. The number of carbonyl (C=O) groups is 2. The molecule has 0 bridgehead atoms. The maximum Gasteiger partial charge on any atom is 0.333 e. The van der Waals surface area contributed by atoms with Crippen LogP contribution in [0.1, 0.15) is 23.1 Å². The molecule has 1 aliphatic carbocycles. The van der Waals surface area contributed by atoms with Crippen molar-refractivity contribution >= 4 is 23.5 Å². The molecule has 5 nitrogen and oxygen atoms in total. The number of esters is 1. The first-order chi connectivity index (χ1) is 12.5. The van der Waals surface area contributed by atoms with Gasteiger partial charge in [-0.3, -0.25) is 4.79 Å². The van der Waals surface area contributed by atoms with Crippen molar-refractivity contribution in [2.24, 2.45) is 5.92 Å². The summed E-state index contributed by atoms with van der Waals surface area (Å²) in [7, 11) is 1.25. The van der Waals surface area contributed by atoms with E-state index in [0.717, 1.165) is 0 Å². The summed E-state index contributed by atoms with van der Waals surface area (Å²) < 4.78 is 24.0. The zero-order valence-electron chi connectivity index (χ0n) is 13.7. The summed E-state index contributed by atoms with van der Waals surface area (Å²) in [5.41, 5.74) is 1.21. The van der Waals surface area contributed by atoms with Crippen molar-refractivity contribution in [3.8, 4) is 5.75 Å². The normalized spacial score (nSPS) is 23.3. The molecule has 1 aliphatic heterocycles. The van der Waals surface area contributed by atoms with Crippen LogP contribution in [0.3, 0.4) is 0 Å². The van der Waals surface area contributed by atoms with Crippen molar-refractivity contribution < 1.29 is 23.5 Å². The Morgan fingerprint density at radius 1 is 1.27 bits per heavy atom. The SMILES string of the molecule is COC(=O)C(NC(=O)C1C2Oc3ccc(F)cc3C21)c1cccc(Cl)c1. The van der Waals surface area contributed by atoms with E-state index in [1.807, 2.05) is 0 Å². The number of nitrogens with one attached hydrogen (secondary N) is 1. The number of amides is 1. The third kappa shape index (κ3) is 2.80. The molecule has 134 valence electrons. The quantitative estimate of drug-likeness (QED) is 0.834. The Morgan fingerprint density at radius 2 is 2.08 bits per heavy atom. The minimum Gasteiger partial charge on any atom is -0.489 e. The molecule has 0 radical (unpaired) electrons. The highest BCUT2D eigenvalue weighted by molar-refractivity contribution is 6.30. The Kier molecular flexibility index (Phi) is 4.07. The summed E-state index contributed by atoms with van der Waals surface area (Å²) in [5, 5.41) is 3.15. The summed E-state index contributed by atoms with van der Waals surface area (Å²) in [6.45, 7) is 0. The van der Waals surface area contributed by atoms with Crippen LogP contribution in [0.4, 0.5) is 4.39 Å². The zero-order chi connectivity index (χ0) is 18.4. The predicted octanol–water partition coefficient (Wildman–Crippen LogP) is 2.98. The van der Waals surface area contributed by atoms with E-state index in [-0.39, 0.29) is 23.7 Å². The average molecular weight is 376 g/mol. The van der Waals surface area contributed by atoms with Crippen LogP contribution >= 0.6 is 11.6 Å². The molecular weight excluding hydrogens is 361 g/mol. The summed E-state index contributed by atoms with van der Waals surface area (Å²) in [6.07, 6.45) is -0.329. The topological polar surface area (TPSA) is 64.6 Å². The van der Waals surface area contributed by atoms with E-state index < -0.39 is 17.9 Å². The molecule has 1 amide bonds. The van der Waals surface area contributed by atoms with Gasteiger partial charge in [-0.1, -0.05) is 23.7 Å². The molecule has 7 heteroatoms. The van der Waals surface area contributed by atoms with E-state index in [2.05, 4.69) is 5.32 Å². The predicted molar refractivity (Wildman–Crippen MR) is 91.4 cm³/mol. The van der Waals surface area contributed by atoms with Gasteiger partial charge in [-0.2, -0.15) is 0 Å². The summed E-state index contributed by atoms with van der Waals surface area (Å²) >= 11 is 5.98. The molecule has 4 unspecified atom stereocenters. The van der Waals surface area contributed by atoms with E-state index in [4.69, 9.17) is 21.1 Å². The van der Waals surface area contributed by atoms with Crippen LogP contribution < -0.4 is 10.1 Å². The van der Waals surface area contributed by atoms with E-state index >= 15 is 0 Å². The van der Waals surface area contributed by atoms with E-state index in [1.165, 1.54) is 19.2 Å². The number of halogens is 2. The lowest BCUT2D eigenvalue weighted by Crippen LogP contribution is -2.36. The lowest BCUT2D eigenvalue weighted by atomic mass is 10.1. The fraction of sp³-hybridized carbons (Fsp3) is 0.263. The standard InChI is InChI=1S/C19H15ClFNO4/c1-25-19(24)16(9-3-2-4-10(20)7-9)22-18(23)15-14-12-8-11(21)5-6-13(12)26-17(14)15/h2-8,14-17H,1H3,(H,22,23). The minimum absolute atomic E-state index is 0.196. The van der Waals surface area contributed by atoms with Crippen molar-refractivity contribution in [2.45, 2.75) is 18.1 Å². The molecular formula is C19H15ClFNO4. The summed E-state index contributed by atoms with van der Waals surface area (Å²) in [5.74, 6) is -1.37. The van der Waals surface area contributed by atoms with E-state index in [0.29, 0.717) is 21.9 Å². The van der Waals surface area contributed by atoms with Crippen LogP contribution in [0.5, 0.6) is 5.75 Å². The molecule has 4 atom stereocenters. The van der Waals surface area contributed by atoms with Crippen LogP contribution in [-0.4, -0.2) is 25.1 Å². The number of benzene rings is 2. The van der Waals surface area contributed by atoms with Crippen LogP contribution in [0.25, 0.3) is 0 Å². The number of carbonyl (C=O) groups excluding carboxylic acids is 2. The molecule has 2 aromatic rings. The molecule has 1 fully saturated rings. The van der Waals surface area contributed by atoms with Gasteiger partial charge < -0.3 is 14.8 Å². The smallest absolute Gasteiger partial charge is 0.333 e. The van der Waals surface area contributed by atoms with Gasteiger partial charge in [-0.25, -0.2) is 9.18 Å². The van der Waals surface area contributed by atoms with Crippen LogP contribution in [0.2, 0.25) is 5.02 Å². The first-order valence-electron chi connectivity index (χ1n) is 8.09. The van der Waals surface area contributed by atoms with Gasteiger partial charge in [0.2, 0.25) is 5.91 Å². The average Bonchev–Trinajstić information content (AvgIpc) is 3.23. The van der Waals surface area contributed by atoms with Crippen LogP contribution in [0.15, 0.2) is 42.5 Å². The van der Waals surface area contributed by atoms with Crippen molar-refractivity contribution in [1.29, 1.82) is 0 Å². The number of methoxy groups -OCH3 is 1. The second kappa shape index (κ2) is 6.29. The highest BCUT2D eigenvalue weighted by Gasteiger charge is 2.62. The molecule has 26 heavy (non-hydrogen) atoms. The lowest BCUT2D eigenvalue weighted by Gasteiger charge is -2.18. The Hall–Kier alpha value is -2.60. The lowest BCUT2D eigenvalue weighted by molar-refractivity contribution is -0.145. The fourth-order valence-electron chi connectivity index (χ4n) is 3.47. The molecule has 0 aromatic heterocycles. The van der Waals surface area contributed by atoms with Gasteiger partial charge in [0.15, 0.2) is 6.04 Å². The molecule has 2 aliphatic rings. The van der Waals surface area contributed by atoms with Crippen molar-refractivity contribution in [3.63, 3.8) is 0 Å². The maximum absolute atomic E-state index is 13.5. The maximum atomic E-state index is 13.5. The second-order valence-electron chi connectivity index (χ2n) is 6.34. The zero-order valence-corrected chi connectivity index (χ0v) is 14.5. The minimum atomic E-state index is -0.973.